The molecule has 3 saturated heterocycles. The Labute approximate surface area is 656 Å². The first-order valence-electron chi connectivity index (χ1n) is 37.4. The van der Waals surface area contributed by atoms with E-state index in [1.54, 1.807) is 39.0 Å². The first kappa shape index (κ1) is 83.4. The Morgan fingerprint density at radius 1 is 0.443 bits per heavy atom. The number of hydrogen-bond donors (Lipinski definition) is 19. The number of carbonyl (C=O) groups is 6. The van der Waals surface area contributed by atoms with Crippen molar-refractivity contribution in [1.29, 1.82) is 5.41 Å². The molecule has 0 saturated carbocycles. The van der Waals surface area contributed by atoms with Gasteiger partial charge < -0.3 is 136 Å². The van der Waals surface area contributed by atoms with Crippen LogP contribution in [-0.4, -0.2) is 249 Å². The number of rotatable bonds is 15. The number of fused-ring (bicyclic) bond motifs is 9. The normalized spacial score (nSPS) is 30.2. The van der Waals surface area contributed by atoms with Crippen LogP contribution in [-0.2, 0) is 52.5 Å². The molecule has 115 heavy (non-hydrogen) atoms. The Morgan fingerprint density at radius 2 is 0.748 bits per heavy atom. The van der Waals surface area contributed by atoms with Crippen molar-refractivity contribution in [3.8, 4) is 51.7 Å². The van der Waals surface area contributed by atoms with E-state index >= 15 is 0 Å². The number of hydrogen-bond acceptors (Lipinski definition) is 34. The number of ketones is 6. The number of aliphatic hydroxyl groups is 9. The standard InChI is InChI=1S/C27H32N2O9.C27H29NO11.C27H31NO10/c1-11-23(31)14(28)8-17(37-11)38-16-10-27(35,6-7-30)9-13-19(16)26(34)20-21(25(13)33)24(32)12-4-3-5-15(36-2)18(12)22(20)29;1-10-22(31)13(28)6-17(38-10)39-15-8-27(36,16(30)9-29)7-12-19(15)26(35)21-20(24(12)33)23(32)11-4-3-5-14(37-2)18(11)25(21)34;1-11-22(30)14(28)8-17(37-11)38-16-10-27(35,6-7-29)9-13-19(16)26(34)21-20(24(13)32)23(31)12-4-3-5-15(36-2)18(12)25(21)33/h3-5,11,14,16-17,23,29-31,33-35H,6-10,28H2,1-2H3;3-5,10,13,15,17,22,29,31,33,35-36H,6-9,28H2,1-2H3;3-5,11,14,16-17,22,29-30,32,34-35H,6-10,28H2,1-2H3/t11?,14?,16-,17?,23?,27-;10?,13?,15-,17?,22?,27-;11?,14?,16-,17?,22?,27-/m000/s1. The molecule has 34 nitrogen and oxygen atoms in total. The van der Waals surface area contributed by atoms with E-state index in [4.69, 9.17) is 65.2 Å². The molecular weight excluding hydrogens is 1510 g/mol. The average Bonchev–Trinajstić information content (AvgIpc) is 0.720. The molecule has 0 aromatic heterocycles. The fourth-order valence-electron chi connectivity index (χ4n) is 17.5. The van der Waals surface area contributed by atoms with Gasteiger partial charge in [-0.15, -0.1) is 0 Å². The number of carbonyl (C=O) groups excluding carboxylic acids is 6. The van der Waals surface area contributed by atoms with Crippen molar-refractivity contribution in [2.45, 2.75) is 200 Å². The summed E-state index contributed by atoms with van der Waals surface area (Å²) in [5.41, 5.74) is 10.6. The van der Waals surface area contributed by atoms with Crippen LogP contribution in [0, 0.1) is 5.41 Å². The molecule has 9 aliphatic rings. The van der Waals surface area contributed by atoms with E-state index in [1.807, 2.05) is 0 Å². The maximum absolute atomic E-state index is 13.6. The lowest BCUT2D eigenvalue weighted by Gasteiger charge is -2.43. The molecular formula is C81H92N4O30. The van der Waals surface area contributed by atoms with Crippen LogP contribution in [0.25, 0.3) is 0 Å². The van der Waals surface area contributed by atoms with Gasteiger partial charge in [-0.3, -0.25) is 34.2 Å². The molecule has 18 atom stereocenters. The van der Waals surface area contributed by atoms with Gasteiger partial charge in [0.2, 0.25) is 11.6 Å². The highest BCUT2D eigenvalue weighted by atomic mass is 16.7. The molecule has 6 aromatic carbocycles. The zero-order valence-corrected chi connectivity index (χ0v) is 63.3. The van der Waals surface area contributed by atoms with Crippen LogP contribution in [0.5, 0.6) is 51.7 Å². The van der Waals surface area contributed by atoms with Gasteiger partial charge in [-0.2, -0.15) is 0 Å². The fourth-order valence-corrected chi connectivity index (χ4v) is 17.5. The van der Waals surface area contributed by atoms with E-state index in [0.717, 1.165) is 0 Å². The molecule has 0 amide bonds. The minimum absolute atomic E-state index is 0.0165. The van der Waals surface area contributed by atoms with E-state index in [9.17, 15) is 105 Å². The van der Waals surface area contributed by atoms with Crippen LogP contribution in [0.4, 0.5) is 0 Å². The maximum atomic E-state index is 13.6. The third-order valence-electron chi connectivity index (χ3n) is 23.4. The van der Waals surface area contributed by atoms with E-state index in [1.165, 1.54) is 57.7 Å². The van der Waals surface area contributed by atoms with Gasteiger partial charge in [0, 0.05) is 139 Å². The van der Waals surface area contributed by atoms with Crippen LogP contribution in [0.3, 0.4) is 0 Å². The fraction of sp³-hybridized carbons (Fsp3) is 0.469. The van der Waals surface area contributed by atoms with Crippen molar-refractivity contribution in [2.24, 2.45) is 17.2 Å². The second-order valence-corrected chi connectivity index (χ2v) is 30.7. The molecule has 3 heterocycles. The number of nitrogens with two attached hydrogens (primary N) is 3. The third kappa shape index (κ3) is 14.4. The number of methoxy groups -OCH3 is 3. The Hall–Kier alpha value is -9.51. The van der Waals surface area contributed by atoms with Crippen molar-refractivity contribution in [3.05, 3.63) is 155 Å². The first-order chi connectivity index (χ1) is 54.4. The summed E-state index contributed by atoms with van der Waals surface area (Å²) in [6.45, 7) is 3.13. The number of nitrogens with one attached hydrogen (secondary N) is 1. The zero-order valence-electron chi connectivity index (χ0n) is 63.3. The zero-order chi connectivity index (χ0) is 83.4. The molecule has 3 aliphatic heterocycles. The summed E-state index contributed by atoms with van der Waals surface area (Å²) in [5.74, 6) is -7.33. The van der Waals surface area contributed by atoms with Crippen molar-refractivity contribution in [3.63, 3.8) is 0 Å². The van der Waals surface area contributed by atoms with Crippen LogP contribution >= 0.6 is 0 Å². The topological polar surface area (TPSA) is 591 Å². The molecule has 22 N–H and O–H groups in total. The van der Waals surface area contributed by atoms with Crippen molar-refractivity contribution in [2.75, 3.05) is 41.2 Å². The predicted octanol–water partition coefficient (Wildman–Crippen LogP) is 1.83. The smallest absolute Gasteiger partial charge is 0.202 e. The molecule has 0 radical (unpaired) electrons. The summed E-state index contributed by atoms with van der Waals surface area (Å²) < 4.78 is 51.5. The van der Waals surface area contributed by atoms with Gasteiger partial charge in [0.15, 0.2) is 42.0 Å². The SMILES string of the molecule is COc1cccc2c1C(=N)c1c(O)c3c(c(O)c1C2=O)C[C@@](O)(CCO)C[C@@H]3OC1CC(N)C(O)C(C)O1.COc1cccc2c1C(=O)c1c(O)c3c(c(O)c1C2=O)C[C@@](O)(C(=O)CO)C[C@@H]3OC1CC(N)C(O)C(C)O1.COc1cccc2c1C(=O)c1c(O)c3c(c(O)c1C2=O)C[C@@](O)(CCO)C[C@@H]3OC1CC(N)C(O)C(C)O1. The molecule has 3 fully saturated rings. The van der Waals surface area contributed by atoms with Gasteiger partial charge in [-0.1, -0.05) is 36.4 Å². The first-order valence-corrected chi connectivity index (χ1v) is 37.4. The number of phenolic OH excluding ortho intramolecular Hbond substituents is 6. The van der Waals surface area contributed by atoms with E-state index in [0.29, 0.717) is 0 Å². The molecule has 15 rings (SSSR count). The lowest BCUT2D eigenvalue weighted by Crippen LogP contribution is -2.53. The third-order valence-corrected chi connectivity index (χ3v) is 23.4. The maximum Gasteiger partial charge on any atom is 0.202 e. The number of phenols is 6. The van der Waals surface area contributed by atoms with Crippen molar-refractivity contribution < 1.29 is 148 Å². The minimum atomic E-state index is -2.24. The van der Waals surface area contributed by atoms with Gasteiger partial charge >= 0.3 is 0 Å². The van der Waals surface area contributed by atoms with Gasteiger partial charge in [0.05, 0.1) is 143 Å². The highest BCUT2D eigenvalue weighted by molar-refractivity contribution is 6.34. The summed E-state index contributed by atoms with van der Waals surface area (Å²) in [7, 11) is 4.08. The molecule has 12 unspecified atom stereocenters. The van der Waals surface area contributed by atoms with Crippen LogP contribution in [0.2, 0.25) is 0 Å². The summed E-state index contributed by atoms with van der Waals surface area (Å²) in [6, 6.07) is 11.5. The van der Waals surface area contributed by atoms with Gasteiger partial charge in [0.1, 0.15) is 64.0 Å². The molecule has 616 valence electrons. The Bertz CT molecular complexity index is 4740. The summed E-state index contributed by atoms with van der Waals surface area (Å²) >= 11 is 0. The molecule has 34 heteroatoms. The average molecular weight is 1600 g/mol. The lowest BCUT2D eigenvalue weighted by atomic mass is 9.72. The predicted molar refractivity (Wildman–Crippen MR) is 397 cm³/mol. The van der Waals surface area contributed by atoms with E-state index in [2.05, 4.69) is 0 Å². The van der Waals surface area contributed by atoms with E-state index in [-0.39, 0.29) is 183 Å². The second kappa shape index (κ2) is 31.8. The highest BCUT2D eigenvalue weighted by Gasteiger charge is 2.54. The van der Waals surface area contributed by atoms with Crippen molar-refractivity contribution in [1.82, 2.24) is 0 Å². The number of aromatic hydroxyl groups is 6. The lowest BCUT2D eigenvalue weighted by molar-refractivity contribution is -0.248. The quantitative estimate of drug-likeness (QED) is 0.0651. The largest absolute Gasteiger partial charge is 0.507 e. The molecule has 6 aliphatic carbocycles. The number of Topliss-reactive ketones (excluding diaryl/α,β-unsaturated/α-hetero) is 1. The van der Waals surface area contributed by atoms with Gasteiger partial charge in [-0.05, 0) is 51.8 Å². The Balaban J connectivity index is 0.000000150. The monoisotopic (exact) mass is 1600 g/mol. The summed E-state index contributed by atoms with van der Waals surface area (Å²) in [6.07, 6.45) is -12.7. The molecule has 6 aromatic rings. The molecule has 0 spiro atoms. The van der Waals surface area contributed by atoms with Crippen LogP contribution in [0.15, 0.2) is 54.6 Å². The number of aliphatic hydroxyl groups excluding tert-OH is 6. The number of benzene rings is 6. The Morgan fingerprint density at radius 3 is 1.08 bits per heavy atom. The van der Waals surface area contributed by atoms with Crippen LogP contribution in [0.1, 0.15) is 215 Å². The van der Waals surface area contributed by atoms with Gasteiger partial charge in [-0.25, -0.2) is 0 Å². The summed E-state index contributed by atoms with van der Waals surface area (Å²) in [5, 5.41) is 171. The minimum Gasteiger partial charge on any atom is -0.507 e. The number of ether oxygens (including phenoxy) is 9. The second-order valence-electron chi connectivity index (χ2n) is 30.7. The molecule has 0 bridgehead atoms. The van der Waals surface area contributed by atoms with E-state index < -0.39 is 209 Å². The van der Waals surface area contributed by atoms with Crippen LogP contribution < -0.4 is 31.4 Å². The van der Waals surface area contributed by atoms with Crippen molar-refractivity contribution >= 4 is 40.4 Å². The Kier molecular flexibility index (Phi) is 23.1. The summed E-state index contributed by atoms with van der Waals surface area (Å²) in [4.78, 5) is 80.4. The van der Waals surface area contributed by atoms with Gasteiger partial charge in [0.25, 0.3) is 0 Å². The highest BCUT2D eigenvalue weighted by Crippen LogP contribution is 2.57.